The van der Waals surface area contributed by atoms with Gasteiger partial charge in [-0.25, -0.2) is 0 Å². The molecule has 4 nitrogen and oxygen atoms in total. The number of carbonyl (C=O) groups excluding carboxylic acids is 1. The summed E-state index contributed by atoms with van der Waals surface area (Å²) in [6.07, 6.45) is 6.38. The van der Waals surface area contributed by atoms with Crippen molar-refractivity contribution in [2.45, 2.75) is 45.4 Å². The molecule has 24 heavy (non-hydrogen) atoms. The van der Waals surface area contributed by atoms with Crippen LogP contribution in [0, 0.1) is 12.8 Å². The van der Waals surface area contributed by atoms with Crippen LogP contribution in [0.4, 0.5) is 0 Å². The van der Waals surface area contributed by atoms with Crippen LogP contribution in [-0.2, 0) is 16.1 Å². The average molecular weight is 330 g/mol. The lowest BCUT2D eigenvalue weighted by atomic mass is 9.90. The Morgan fingerprint density at radius 1 is 1.25 bits per heavy atom. The fraction of sp³-hybridized carbons (Fsp3) is 0.650. The van der Waals surface area contributed by atoms with Crippen molar-refractivity contribution in [2.75, 3.05) is 32.8 Å². The Hall–Kier alpha value is -1.39. The van der Waals surface area contributed by atoms with E-state index < -0.39 is 0 Å². The summed E-state index contributed by atoms with van der Waals surface area (Å²) in [5.74, 6) is 0.941. The molecular formula is C20H30N2O2. The van der Waals surface area contributed by atoms with Gasteiger partial charge >= 0.3 is 0 Å². The maximum absolute atomic E-state index is 12.5. The highest BCUT2D eigenvalue weighted by Gasteiger charge is 2.24. The first-order valence-electron chi connectivity index (χ1n) is 9.42. The molecule has 1 atom stereocenters. The van der Waals surface area contributed by atoms with Gasteiger partial charge in [0.15, 0.2) is 0 Å². The molecule has 0 radical (unpaired) electrons. The van der Waals surface area contributed by atoms with Crippen molar-refractivity contribution >= 4 is 5.91 Å². The van der Waals surface area contributed by atoms with Crippen LogP contribution < -0.4 is 0 Å². The minimum atomic E-state index is 0.297. The van der Waals surface area contributed by atoms with Gasteiger partial charge < -0.3 is 4.90 Å². The van der Waals surface area contributed by atoms with E-state index in [0.29, 0.717) is 18.2 Å². The van der Waals surface area contributed by atoms with E-state index in [4.69, 9.17) is 4.84 Å². The van der Waals surface area contributed by atoms with Crippen LogP contribution in [0.15, 0.2) is 24.3 Å². The Morgan fingerprint density at radius 2 is 2.12 bits per heavy atom. The zero-order valence-corrected chi connectivity index (χ0v) is 14.9. The molecule has 2 aliphatic heterocycles. The Morgan fingerprint density at radius 3 is 2.92 bits per heavy atom. The second kappa shape index (κ2) is 8.63. The molecule has 2 heterocycles. The molecule has 0 N–H and O–H groups in total. The number of piperidine rings is 1. The number of hydroxylamine groups is 2. The predicted molar refractivity (Wildman–Crippen MR) is 95.6 cm³/mol. The number of hydrogen-bond acceptors (Lipinski definition) is 3. The zero-order valence-electron chi connectivity index (χ0n) is 14.9. The van der Waals surface area contributed by atoms with Crippen LogP contribution in [0.2, 0.25) is 0 Å². The molecule has 132 valence electrons. The monoisotopic (exact) mass is 330 g/mol. The first kappa shape index (κ1) is 17.4. The van der Waals surface area contributed by atoms with Gasteiger partial charge in [0, 0.05) is 32.6 Å². The molecular weight excluding hydrogens is 300 g/mol. The van der Waals surface area contributed by atoms with Gasteiger partial charge in [-0.05, 0) is 56.1 Å². The largest absolute Gasteiger partial charge is 0.342 e. The summed E-state index contributed by atoms with van der Waals surface area (Å²) in [7, 11) is 0. The zero-order chi connectivity index (χ0) is 16.8. The van der Waals surface area contributed by atoms with E-state index in [2.05, 4.69) is 36.1 Å². The smallest absolute Gasteiger partial charge is 0.223 e. The molecule has 2 aliphatic rings. The highest BCUT2D eigenvalue weighted by molar-refractivity contribution is 5.76. The Labute approximate surface area is 145 Å². The third-order valence-corrected chi connectivity index (χ3v) is 5.36. The Kier molecular flexibility index (Phi) is 6.27. The van der Waals surface area contributed by atoms with Gasteiger partial charge in [0.05, 0.1) is 6.61 Å². The molecule has 0 bridgehead atoms. The molecule has 0 spiro atoms. The predicted octanol–water partition coefficient (Wildman–Crippen LogP) is 3.19. The molecule has 0 aliphatic carbocycles. The van der Waals surface area contributed by atoms with Crippen LogP contribution in [-0.4, -0.2) is 48.7 Å². The third-order valence-electron chi connectivity index (χ3n) is 5.36. The fourth-order valence-corrected chi connectivity index (χ4v) is 3.83. The minimum Gasteiger partial charge on any atom is -0.342 e. The van der Waals surface area contributed by atoms with Crippen LogP contribution in [0.1, 0.15) is 43.2 Å². The molecule has 1 amide bonds. The van der Waals surface area contributed by atoms with E-state index >= 15 is 0 Å². The summed E-state index contributed by atoms with van der Waals surface area (Å²) in [4.78, 5) is 20.0. The highest BCUT2D eigenvalue weighted by Crippen LogP contribution is 2.23. The number of aryl methyl sites for hydroxylation is 2. The normalized spacial score (nSPS) is 22.0. The van der Waals surface area contributed by atoms with Crippen LogP contribution in [0.5, 0.6) is 0 Å². The summed E-state index contributed by atoms with van der Waals surface area (Å²) in [5, 5.41) is 1.94. The third kappa shape index (κ3) is 4.81. The maximum Gasteiger partial charge on any atom is 0.223 e. The quantitative estimate of drug-likeness (QED) is 0.803. The minimum absolute atomic E-state index is 0.297. The molecule has 1 aromatic rings. The summed E-state index contributed by atoms with van der Waals surface area (Å²) in [5.41, 5.74) is 2.83. The maximum atomic E-state index is 12.5. The first-order valence-corrected chi connectivity index (χ1v) is 9.42. The van der Waals surface area contributed by atoms with Gasteiger partial charge in [0.1, 0.15) is 0 Å². The number of amides is 1. The second-order valence-corrected chi connectivity index (χ2v) is 7.18. The number of rotatable bonds is 6. The van der Waals surface area contributed by atoms with E-state index in [9.17, 15) is 4.79 Å². The van der Waals surface area contributed by atoms with Gasteiger partial charge in [0.25, 0.3) is 0 Å². The Balaban J connectivity index is 1.43. The summed E-state index contributed by atoms with van der Waals surface area (Å²) < 4.78 is 0. The van der Waals surface area contributed by atoms with Crippen molar-refractivity contribution < 1.29 is 9.63 Å². The molecule has 0 aromatic heterocycles. The molecule has 0 unspecified atom stereocenters. The number of hydrogen-bond donors (Lipinski definition) is 0. The first-order chi connectivity index (χ1) is 11.7. The fourth-order valence-electron chi connectivity index (χ4n) is 3.83. The molecule has 3 rings (SSSR count). The second-order valence-electron chi connectivity index (χ2n) is 7.18. The van der Waals surface area contributed by atoms with Crippen molar-refractivity contribution in [1.29, 1.82) is 0 Å². The lowest BCUT2D eigenvalue weighted by molar-refractivity contribution is -0.140. The topological polar surface area (TPSA) is 32.8 Å². The summed E-state index contributed by atoms with van der Waals surface area (Å²) in [6.45, 7) is 6.56. The van der Waals surface area contributed by atoms with Crippen molar-refractivity contribution in [3.05, 3.63) is 35.4 Å². The lowest BCUT2D eigenvalue weighted by Crippen LogP contribution is -2.41. The van der Waals surface area contributed by atoms with E-state index in [-0.39, 0.29) is 0 Å². The number of nitrogens with zero attached hydrogens (tertiary/aromatic N) is 2. The molecule has 2 saturated heterocycles. The Bertz CT molecular complexity index is 540. The van der Waals surface area contributed by atoms with Crippen LogP contribution in [0.25, 0.3) is 0 Å². The van der Waals surface area contributed by atoms with Gasteiger partial charge in [0.2, 0.25) is 5.91 Å². The average Bonchev–Trinajstić information content (AvgIpc) is 3.13. The van der Waals surface area contributed by atoms with E-state index in [1.807, 2.05) is 5.06 Å². The van der Waals surface area contributed by atoms with E-state index in [0.717, 1.165) is 52.0 Å². The number of benzene rings is 1. The summed E-state index contributed by atoms with van der Waals surface area (Å²) in [6, 6.07) is 8.65. The molecule has 4 heteroatoms. The van der Waals surface area contributed by atoms with Crippen LogP contribution in [0.3, 0.4) is 0 Å². The number of likely N-dealkylation sites (tertiary alicyclic amines) is 1. The van der Waals surface area contributed by atoms with E-state index in [1.54, 1.807) is 0 Å². The van der Waals surface area contributed by atoms with E-state index in [1.165, 1.54) is 24.0 Å². The van der Waals surface area contributed by atoms with Gasteiger partial charge in [-0.3, -0.25) is 9.63 Å². The molecule has 1 aromatic carbocycles. The van der Waals surface area contributed by atoms with Crippen LogP contribution >= 0.6 is 0 Å². The van der Waals surface area contributed by atoms with Crippen molar-refractivity contribution in [3.8, 4) is 0 Å². The number of carbonyl (C=O) groups is 1. The summed E-state index contributed by atoms with van der Waals surface area (Å²) >= 11 is 0. The standard InChI is InChI=1S/C20H30N2O2/c1-17-6-2-3-8-19(17)10-9-18-7-4-12-21(16-18)20(23)11-14-22-13-5-15-24-22/h2-3,6,8,18H,4-5,7,9-16H2,1H3/t18-/m1/s1. The van der Waals surface area contributed by atoms with Gasteiger partial charge in [-0.2, -0.15) is 5.06 Å². The molecule has 2 fully saturated rings. The van der Waals surface area contributed by atoms with Crippen molar-refractivity contribution in [3.63, 3.8) is 0 Å². The van der Waals surface area contributed by atoms with Crippen molar-refractivity contribution in [1.82, 2.24) is 9.96 Å². The molecule has 0 saturated carbocycles. The van der Waals surface area contributed by atoms with Gasteiger partial charge in [-0.15, -0.1) is 0 Å². The van der Waals surface area contributed by atoms with Crippen molar-refractivity contribution in [2.24, 2.45) is 5.92 Å². The lowest BCUT2D eigenvalue weighted by Gasteiger charge is -2.33. The SMILES string of the molecule is Cc1ccccc1CC[C@H]1CCCN(C(=O)CCN2CCCO2)C1. The highest BCUT2D eigenvalue weighted by atomic mass is 16.7. The van der Waals surface area contributed by atoms with Gasteiger partial charge in [-0.1, -0.05) is 24.3 Å².